The maximum Gasteiger partial charge on any atom is 0.123 e. The molecule has 2 heterocycles. The van der Waals surface area contributed by atoms with Gasteiger partial charge in [-0.25, -0.2) is 4.68 Å². The number of hydrogen-bond acceptors (Lipinski definition) is 14. The monoisotopic (exact) mass is 1020 g/mol. The molecule has 1 saturated heterocycles. The Morgan fingerprint density at radius 3 is 1.01 bits per heavy atom. The van der Waals surface area contributed by atoms with E-state index in [4.69, 9.17) is 52.1 Å². The number of ether oxygens (including phenoxy) is 11. The van der Waals surface area contributed by atoms with E-state index in [2.05, 4.69) is 10.3 Å². The first-order valence-electron chi connectivity index (χ1n) is 24.9. The van der Waals surface area contributed by atoms with Crippen molar-refractivity contribution in [1.29, 1.82) is 0 Å². The smallest absolute Gasteiger partial charge is 0.123 e. The molecule has 1 aliphatic heterocycles. The van der Waals surface area contributed by atoms with Gasteiger partial charge in [-0.05, 0) is 88.4 Å². The summed E-state index contributed by atoms with van der Waals surface area (Å²) in [6, 6.07) is 20.2. The third kappa shape index (κ3) is 11.4. The molecule has 0 atom stereocenters. The number of hydroxylamine groups is 2. The van der Waals surface area contributed by atoms with Crippen molar-refractivity contribution in [3.05, 3.63) is 133 Å². The molecule has 5 aromatic carbocycles. The average Bonchev–Trinajstić information content (AvgIpc) is 3.85. The van der Waals surface area contributed by atoms with Crippen molar-refractivity contribution in [2.24, 2.45) is 0 Å². The Morgan fingerprint density at radius 1 is 0.459 bits per heavy atom. The lowest BCUT2D eigenvalue weighted by atomic mass is 9.80. The van der Waals surface area contributed by atoms with Crippen molar-refractivity contribution in [2.75, 3.05) is 70.6 Å². The number of methoxy groups -OCH3 is 9. The van der Waals surface area contributed by atoms with Crippen LogP contribution in [0.2, 0.25) is 0 Å². The number of nitrogens with zero attached hydrogens (tertiary/aromatic N) is 3. The van der Waals surface area contributed by atoms with Gasteiger partial charge in [0.1, 0.15) is 69.8 Å². The van der Waals surface area contributed by atoms with Gasteiger partial charge in [0.05, 0.1) is 101 Å². The van der Waals surface area contributed by atoms with Crippen LogP contribution in [0.1, 0.15) is 102 Å². The normalized spacial score (nSPS) is 16.8. The quantitative estimate of drug-likeness (QED) is 0.0921. The second kappa shape index (κ2) is 22.7. The Balaban J connectivity index is 1.19. The van der Waals surface area contributed by atoms with Crippen LogP contribution in [-0.2, 0) is 50.0 Å². The lowest BCUT2D eigenvalue weighted by Gasteiger charge is -2.54. The highest BCUT2D eigenvalue weighted by molar-refractivity contribution is 5.59. The van der Waals surface area contributed by atoms with Crippen LogP contribution >= 0.6 is 0 Å². The number of benzene rings is 5. The van der Waals surface area contributed by atoms with E-state index in [-0.39, 0.29) is 17.8 Å². The molecule has 0 radical (unpaired) electrons. The van der Waals surface area contributed by atoms with E-state index in [1.807, 2.05) is 94.6 Å². The standard InChI is InChI=1S/C58H72N4O12/c1-57(2)31-46(32-58(3,4)62(57)63)74-34-45-33-61(60-59-45)14-15-73-56-30-43-19-41-27-51(68-9)39(25-52(41)69-10)17-37-23-47(64-5)35(21-48(37)65-6)16-36-22-50(67-8)38(24-49(36)66-7)18-40-26-54(71-12)42(28-53(40)70-11)20-44(56)29-55(43)72-13/h21-30,33,46,62H,14-20,31-32,34H2,1-13H3. The molecule has 16 nitrogen and oxygen atoms in total. The number of aromatic nitrogens is 3. The van der Waals surface area contributed by atoms with Gasteiger partial charge in [-0.1, -0.05) is 5.21 Å². The van der Waals surface area contributed by atoms with Crippen molar-refractivity contribution < 1.29 is 57.2 Å². The van der Waals surface area contributed by atoms with E-state index in [0.717, 1.165) is 55.6 Å². The Kier molecular flexibility index (Phi) is 16.4. The molecule has 17 rings (SSSR count). The lowest BCUT2D eigenvalue weighted by Crippen LogP contribution is -3.23. The molecule has 1 aromatic heterocycles. The molecular weight excluding hydrogens is 945 g/mol. The fourth-order valence-corrected chi connectivity index (χ4v) is 10.9. The van der Waals surface area contributed by atoms with E-state index in [0.29, 0.717) is 121 Å². The molecule has 0 amide bonds. The molecule has 1 fully saturated rings. The van der Waals surface area contributed by atoms with Crippen molar-refractivity contribution in [3.63, 3.8) is 0 Å². The first kappa shape index (κ1) is 53.4. The number of quaternary nitrogens is 1. The number of hydrogen-bond donors (Lipinski definition) is 1. The Morgan fingerprint density at radius 2 is 0.730 bits per heavy atom. The lowest BCUT2D eigenvalue weighted by molar-refractivity contribution is -0.956. The van der Waals surface area contributed by atoms with Gasteiger partial charge in [0, 0.05) is 101 Å². The molecule has 74 heavy (non-hydrogen) atoms. The Hall–Kier alpha value is -6.88. The van der Waals surface area contributed by atoms with Crippen LogP contribution in [0, 0.1) is 5.21 Å². The second-order valence-electron chi connectivity index (χ2n) is 20.3. The van der Waals surface area contributed by atoms with Crippen LogP contribution in [0.5, 0.6) is 57.5 Å². The largest absolute Gasteiger partial charge is 0.634 e. The molecule has 16 heteroatoms. The highest BCUT2D eigenvalue weighted by Gasteiger charge is 2.45. The van der Waals surface area contributed by atoms with Gasteiger partial charge in [-0.2, -0.15) is 0 Å². The number of piperidine rings is 1. The van der Waals surface area contributed by atoms with Crippen LogP contribution in [-0.4, -0.2) is 103 Å². The van der Waals surface area contributed by atoms with Crippen LogP contribution < -0.4 is 52.4 Å². The molecule has 396 valence electrons. The van der Waals surface area contributed by atoms with Crippen molar-refractivity contribution in [2.45, 2.75) is 103 Å². The molecule has 0 unspecified atom stereocenters. The van der Waals surface area contributed by atoms with Gasteiger partial charge in [-0.3, -0.25) is 0 Å². The zero-order valence-corrected chi connectivity index (χ0v) is 45.2. The van der Waals surface area contributed by atoms with Gasteiger partial charge in [-0.15, -0.1) is 5.10 Å². The molecule has 10 bridgehead atoms. The minimum Gasteiger partial charge on any atom is -0.634 e. The highest BCUT2D eigenvalue weighted by Crippen LogP contribution is 2.42. The van der Waals surface area contributed by atoms with Crippen molar-refractivity contribution in [1.82, 2.24) is 15.0 Å². The maximum absolute atomic E-state index is 13.0. The van der Waals surface area contributed by atoms with Crippen LogP contribution in [0.3, 0.4) is 0 Å². The Bertz CT molecular complexity index is 2930. The zero-order chi connectivity index (χ0) is 52.9. The minimum absolute atomic E-state index is 0.0617. The van der Waals surface area contributed by atoms with Crippen LogP contribution in [0.15, 0.2) is 66.9 Å². The Labute approximate surface area is 435 Å². The first-order chi connectivity index (χ1) is 35.6. The molecule has 0 saturated carbocycles. The van der Waals surface area contributed by atoms with E-state index >= 15 is 0 Å². The summed E-state index contributed by atoms with van der Waals surface area (Å²) in [5.74, 6) is 6.83. The molecule has 11 aliphatic rings. The third-order valence-corrected chi connectivity index (χ3v) is 14.4. The summed E-state index contributed by atoms with van der Waals surface area (Å²) >= 11 is 0. The van der Waals surface area contributed by atoms with Crippen molar-refractivity contribution >= 4 is 0 Å². The summed E-state index contributed by atoms with van der Waals surface area (Å²) in [6.45, 7) is 9.00. The third-order valence-electron chi connectivity index (χ3n) is 14.4. The molecular formula is C58H72N4O12. The fourth-order valence-electron chi connectivity index (χ4n) is 10.9. The van der Waals surface area contributed by atoms with E-state index in [1.165, 1.54) is 0 Å². The van der Waals surface area contributed by atoms with E-state index in [1.54, 1.807) is 68.7 Å². The predicted octanol–water partition coefficient (Wildman–Crippen LogP) is 8.32. The zero-order valence-electron chi connectivity index (χ0n) is 45.2. The van der Waals surface area contributed by atoms with Gasteiger partial charge >= 0.3 is 0 Å². The average molecular weight is 1020 g/mol. The topological polar surface area (TPSA) is 160 Å². The second-order valence-corrected chi connectivity index (χ2v) is 20.3. The fraction of sp³-hybridized carbons (Fsp3) is 0.448. The molecule has 0 spiro atoms. The maximum atomic E-state index is 13.0. The summed E-state index contributed by atoms with van der Waals surface area (Å²) in [6.07, 6.45) is 5.40. The van der Waals surface area contributed by atoms with Crippen LogP contribution in [0.4, 0.5) is 0 Å². The number of rotatable bonds is 16. The van der Waals surface area contributed by atoms with Gasteiger partial charge < -0.3 is 62.4 Å². The minimum atomic E-state index is -0.453. The van der Waals surface area contributed by atoms with Crippen LogP contribution in [0.25, 0.3) is 0 Å². The summed E-state index contributed by atoms with van der Waals surface area (Å²) in [4.78, 5) is 0. The predicted molar refractivity (Wildman–Crippen MR) is 281 cm³/mol. The summed E-state index contributed by atoms with van der Waals surface area (Å²) in [5.41, 5.74) is 8.73. The van der Waals surface area contributed by atoms with Gasteiger partial charge in [0.15, 0.2) is 0 Å². The highest BCUT2D eigenvalue weighted by atomic mass is 16.5. The molecule has 6 aromatic rings. The van der Waals surface area contributed by atoms with Crippen molar-refractivity contribution in [3.8, 4) is 57.5 Å². The summed E-state index contributed by atoms with van der Waals surface area (Å²) < 4.78 is 69.7. The van der Waals surface area contributed by atoms with E-state index in [9.17, 15) is 5.21 Å². The van der Waals surface area contributed by atoms with Gasteiger partial charge in [0.25, 0.3) is 0 Å². The van der Waals surface area contributed by atoms with Gasteiger partial charge in [0.2, 0.25) is 0 Å². The SMILES string of the molecule is COc1cc2c(OC)cc1Cc1cc(OC)c(cc1OC)Cc1cc(OC)c(cc1OC)Cc1cc(OC)c(cc1OCCn1cc(COC3CC(C)(C)[NH+]([O-])C(C)(C)C3)nn1)Cc1cc(OC)c(cc1OC)C2. The summed E-state index contributed by atoms with van der Waals surface area (Å²) in [7, 11) is 15.0. The van der Waals surface area contributed by atoms with E-state index < -0.39 is 11.1 Å². The molecule has 1 N–H and O–H groups in total. The molecule has 10 aliphatic carbocycles. The summed E-state index contributed by atoms with van der Waals surface area (Å²) in [5, 5.41) is 22.1. The number of nitrogens with one attached hydrogen (secondary N) is 1. The first-order valence-corrected chi connectivity index (χ1v) is 24.9.